The zero-order valence-electron chi connectivity index (χ0n) is 14.9. The van der Waals surface area contributed by atoms with Crippen LogP contribution in [0.2, 0.25) is 0 Å². The highest BCUT2D eigenvalue weighted by Gasteiger charge is 2.38. The largest absolute Gasteiger partial charge is 0.332 e. The van der Waals surface area contributed by atoms with Crippen LogP contribution >= 0.6 is 0 Å². The van der Waals surface area contributed by atoms with Crippen molar-refractivity contribution in [1.29, 1.82) is 5.26 Å². The van der Waals surface area contributed by atoms with Gasteiger partial charge in [0.05, 0.1) is 11.1 Å². The van der Waals surface area contributed by atoms with E-state index in [4.69, 9.17) is 5.26 Å². The van der Waals surface area contributed by atoms with Crippen molar-refractivity contribution in [1.82, 2.24) is 20.2 Å². The normalized spacial score (nSPS) is 17.3. The second kappa shape index (κ2) is 7.41. The molecule has 1 aromatic heterocycles. The van der Waals surface area contributed by atoms with Crippen LogP contribution in [-0.4, -0.2) is 45.9 Å². The Morgan fingerprint density at radius 2 is 1.81 bits per heavy atom. The summed E-state index contributed by atoms with van der Waals surface area (Å²) in [5, 5.41) is 12.2. The van der Waals surface area contributed by atoms with Gasteiger partial charge in [0.2, 0.25) is 0 Å². The van der Waals surface area contributed by atoms with E-state index < -0.39 is 5.82 Å². The molecule has 0 spiro atoms. The maximum absolute atomic E-state index is 13.8. The lowest BCUT2D eigenvalue weighted by Gasteiger charge is -2.35. The van der Waals surface area contributed by atoms with Gasteiger partial charge in [-0.05, 0) is 57.0 Å². The smallest absolute Gasteiger partial charge is 0.257 e. The molecule has 0 unspecified atom stereocenters. The summed E-state index contributed by atoms with van der Waals surface area (Å²) in [6.07, 6.45) is 7.06. The monoisotopic (exact) mass is 365 g/mol. The summed E-state index contributed by atoms with van der Waals surface area (Å²) in [7, 11) is 0. The standard InChI is InChI=1S/C20H20FN5O/c21-18-9-13(1-2-14(18)10-22)19-24-11-15(12-25-19)20(27)26(16-3-4-16)17-5-7-23-8-6-17/h1-2,9,11-12,16-17,23H,3-8H2. The molecule has 138 valence electrons. The fraction of sp³-hybridized carbons (Fsp3) is 0.400. The molecule has 1 aromatic carbocycles. The number of nitrogens with zero attached hydrogens (tertiary/aromatic N) is 4. The van der Waals surface area contributed by atoms with Crippen molar-refractivity contribution >= 4 is 5.91 Å². The van der Waals surface area contributed by atoms with Crippen LogP contribution in [0.4, 0.5) is 4.39 Å². The molecule has 0 atom stereocenters. The Morgan fingerprint density at radius 1 is 1.15 bits per heavy atom. The molecule has 1 saturated carbocycles. The molecule has 1 aliphatic heterocycles. The summed E-state index contributed by atoms with van der Waals surface area (Å²) in [5.41, 5.74) is 0.911. The van der Waals surface area contributed by atoms with Gasteiger partial charge in [0.15, 0.2) is 5.82 Å². The lowest BCUT2D eigenvalue weighted by molar-refractivity contribution is 0.0622. The van der Waals surface area contributed by atoms with Crippen molar-refractivity contribution in [3.05, 3.63) is 47.5 Å². The van der Waals surface area contributed by atoms with E-state index in [1.165, 1.54) is 24.5 Å². The molecule has 2 aromatic rings. The van der Waals surface area contributed by atoms with E-state index in [9.17, 15) is 9.18 Å². The van der Waals surface area contributed by atoms with E-state index in [1.807, 2.05) is 4.90 Å². The fourth-order valence-corrected chi connectivity index (χ4v) is 3.55. The van der Waals surface area contributed by atoms with Gasteiger partial charge in [-0.25, -0.2) is 14.4 Å². The zero-order valence-corrected chi connectivity index (χ0v) is 14.9. The summed E-state index contributed by atoms with van der Waals surface area (Å²) in [6, 6.07) is 6.62. The number of carbonyl (C=O) groups excluding carboxylic acids is 1. The molecule has 2 heterocycles. The molecule has 1 saturated heterocycles. The number of aromatic nitrogens is 2. The number of halogens is 1. The second-order valence-electron chi connectivity index (χ2n) is 7.03. The predicted molar refractivity (Wildman–Crippen MR) is 97.2 cm³/mol. The van der Waals surface area contributed by atoms with Gasteiger partial charge in [-0.2, -0.15) is 5.26 Å². The number of nitrogens with one attached hydrogen (secondary N) is 1. The molecular weight excluding hydrogens is 345 g/mol. The van der Waals surface area contributed by atoms with Gasteiger partial charge in [-0.3, -0.25) is 4.79 Å². The lowest BCUT2D eigenvalue weighted by atomic mass is 10.0. The van der Waals surface area contributed by atoms with Gasteiger partial charge >= 0.3 is 0 Å². The molecule has 0 bridgehead atoms. The Bertz CT molecular complexity index is 882. The van der Waals surface area contributed by atoms with Gasteiger partial charge in [0, 0.05) is 30.0 Å². The molecule has 2 aliphatic rings. The van der Waals surface area contributed by atoms with E-state index in [0.717, 1.165) is 38.8 Å². The van der Waals surface area contributed by atoms with Gasteiger partial charge in [-0.1, -0.05) is 0 Å². The third-order valence-corrected chi connectivity index (χ3v) is 5.12. The molecule has 0 radical (unpaired) electrons. The third kappa shape index (κ3) is 3.67. The van der Waals surface area contributed by atoms with Crippen LogP contribution in [0.15, 0.2) is 30.6 Å². The number of benzene rings is 1. The van der Waals surface area contributed by atoms with E-state index in [2.05, 4.69) is 15.3 Å². The van der Waals surface area contributed by atoms with Crippen LogP contribution < -0.4 is 5.32 Å². The Kier molecular flexibility index (Phi) is 4.82. The lowest BCUT2D eigenvalue weighted by Crippen LogP contribution is -2.47. The van der Waals surface area contributed by atoms with Gasteiger partial charge in [0.1, 0.15) is 11.9 Å². The molecule has 1 amide bonds. The average molecular weight is 365 g/mol. The Morgan fingerprint density at radius 3 is 2.41 bits per heavy atom. The average Bonchev–Trinajstić information content (AvgIpc) is 3.54. The first-order valence-electron chi connectivity index (χ1n) is 9.23. The van der Waals surface area contributed by atoms with Crippen LogP contribution in [0.1, 0.15) is 41.6 Å². The van der Waals surface area contributed by atoms with Gasteiger partial charge in [0.25, 0.3) is 5.91 Å². The molecule has 2 fully saturated rings. The van der Waals surface area contributed by atoms with E-state index in [0.29, 0.717) is 23.0 Å². The summed E-state index contributed by atoms with van der Waals surface area (Å²) in [5.74, 6) is -0.304. The van der Waals surface area contributed by atoms with Crippen molar-refractivity contribution in [2.24, 2.45) is 0 Å². The second-order valence-corrected chi connectivity index (χ2v) is 7.03. The number of carbonyl (C=O) groups is 1. The zero-order chi connectivity index (χ0) is 18.8. The summed E-state index contributed by atoms with van der Waals surface area (Å²) in [6.45, 7) is 1.86. The first kappa shape index (κ1) is 17.6. The van der Waals surface area contributed by atoms with E-state index >= 15 is 0 Å². The van der Waals surface area contributed by atoms with Crippen molar-refractivity contribution in [2.45, 2.75) is 37.8 Å². The number of hydrogen-bond donors (Lipinski definition) is 1. The first-order valence-corrected chi connectivity index (χ1v) is 9.23. The third-order valence-electron chi connectivity index (χ3n) is 5.12. The number of amides is 1. The number of rotatable bonds is 4. The van der Waals surface area contributed by atoms with Crippen molar-refractivity contribution < 1.29 is 9.18 Å². The first-order chi connectivity index (χ1) is 13.2. The summed E-state index contributed by atoms with van der Waals surface area (Å²) >= 11 is 0. The van der Waals surface area contributed by atoms with E-state index in [1.54, 1.807) is 12.1 Å². The molecule has 4 rings (SSSR count). The van der Waals surface area contributed by atoms with Crippen LogP contribution in [0.5, 0.6) is 0 Å². The Labute approximate surface area is 157 Å². The highest BCUT2D eigenvalue weighted by atomic mass is 19.1. The van der Waals surface area contributed by atoms with E-state index in [-0.39, 0.29) is 17.5 Å². The quantitative estimate of drug-likeness (QED) is 0.900. The molecule has 6 nitrogen and oxygen atoms in total. The SMILES string of the molecule is N#Cc1ccc(-c2ncc(C(=O)N(C3CCNCC3)C3CC3)cn2)cc1F. The molecule has 1 N–H and O–H groups in total. The van der Waals surface area contributed by atoms with Crippen LogP contribution in [0.3, 0.4) is 0 Å². The predicted octanol–water partition coefficient (Wildman–Crippen LogP) is 2.51. The van der Waals surface area contributed by atoms with Crippen molar-refractivity contribution in [2.75, 3.05) is 13.1 Å². The highest BCUT2D eigenvalue weighted by Crippen LogP contribution is 2.32. The number of nitriles is 1. The summed E-state index contributed by atoms with van der Waals surface area (Å²) < 4.78 is 13.8. The fourth-order valence-electron chi connectivity index (χ4n) is 3.55. The Hall–Kier alpha value is -2.85. The molecule has 1 aliphatic carbocycles. The highest BCUT2D eigenvalue weighted by molar-refractivity contribution is 5.94. The van der Waals surface area contributed by atoms with Gasteiger partial charge < -0.3 is 10.2 Å². The van der Waals surface area contributed by atoms with Gasteiger partial charge in [-0.15, -0.1) is 0 Å². The van der Waals surface area contributed by atoms with Crippen molar-refractivity contribution in [3.63, 3.8) is 0 Å². The molecule has 27 heavy (non-hydrogen) atoms. The molecular formula is C20H20FN5O. The maximum atomic E-state index is 13.8. The Balaban J connectivity index is 1.55. The molecule has 7 heteroatoms. The van der Waals surface area contributed by atoms with Crippen molar-refractivity contribution in [3.8, 4) is 17.5 Å². The minimum atomic E-state index is -0.607. The van der Waals surface area contributed by atoms with Crippen LogP contribution in [0, 0.1) is 17.1 Å². The number of piperidine rings is 1. The minimum absolute atomic E-state index is 0.0207. The topological polar surface area (TPSA) is 81.9 Å². The summed E-state index contributed by atoms with van der Waals surface area (Å²) in [4.78, 5) is 23.6. The number of hydrogen-bond acceptors (Lipinski definition) is 5. The maximum Gasteiger partial charge on any atom is 0.257 e. The van der Waals surface area contributed by atoms with Crippen LogP contribution in [-0.2, 0) is 0 Å². The minimum Gasteiger partial charge on any atom is -0.332 e. The van der Waals surface area contributed by atoms with Crippen LogP contribution in [0.25, 0.3) is 11.4 Å².